The summed E-state index contributed by atoms with van der Waals surface area (Å²) in [6, 6.07) is 5.51. The van der Waals surface area contributed by atoms with Crippen LogP contribution in [-0.2, 0) is 11.4 Å². The molecule has 1 saturated carbocycles. The van der Waals surface area contributed by atoms with E-state index in [0.717, 1.165) is 30.6 Å². The molecule has 1 atom stereocenters. The third-order valence-corrected chi connectivity index (χ3v) is 5.36. The lowest BCUT2D eigenvalue weighted by Crippen LogP contribution is -2.21. The highest BCUT2D eigenvalue weighted by atomic mass is 35.5. The van der Waals surface area contributed by atoms with Crippen molar-refractivity contribution in [3.8, 4) is 5.75 Å². The van der Waals surface area contributed by atoms with Gasteiger partial charge in [0, 0.05) is 11.4 Å². The minimum absolute atomic E-state index is 0.00719. The zero-order chi connectivity index (χ0) is 16.2. The van der Waals surface area contributed by atoms with Crippen LogP contribution in [-0.4, -0.2) is 26.2 Å². The summed E-state index contributed by atoms with van der Waals surface area (Å²) in [5.74, 6) is 1.68. The molecule has 1 aromatic carbocycles. The van der Waals surface area contributed by atoms with Crippen molar-refractivity contribution in [3.63, 3.8) is 0 Å². The molecule has 1 N–H and O–H groups in total. The Bertz CT molecular complexity index is 704. The molecule has 0 unspecified atom stereocenters. The number of nitrogens with zero attached hydrogens (tertiary/aromatic N) is 2. The molecule has 7 heteroatoms. The van der Waals surface area contributed by atoms with Crippen LogP contribution < -0.4 is 4.74 Å². The van der Waals surface area contributed by atoms with E-state index in [-0.39, 0.29) is 5.25 Å². The Morgan fingerprint density at radius 1 is 1.43 bits per heavy atom. The van der Waals surface area contributed by atoms with Gasteiger partial charge in [-0.25, -0.2) is 4.98 Å². The van der Waals surface area contributed by atoms with E-state index >= 15 is 0 Å². The van der Waals surface area contributed by atoms with Gasteiger partial charge in [-0.15, -0.1) is 5.10 Å². The maximum Gasteiger partial charge on any atom is 0.209 e. The number of rotatable bonds is 5. The third-order valence-electron chi connectivity index (χ3n) is 3.76. The summed E-state index contributed by atoms with van der Waals surface area (Å²) >= 11 is 7.43. The maximum absolute atomic E-state index is 11.9. The van der Waals surface area contributed by atoms with E-state index in [9.17, 15) is 4.79 Å². The van der Waals surface area contributed by atoms with E-state index in [0.29, 0.717) is 34.8 Å². The van der Waals surface area contributed by atoms with Gasteiger partial charge in [-0.2, -0.15) is 0 Å². The molecule has 0 aliphatic heterocycles. The van der Waals surface area contributed by atoms with Crippen molar-refractivity contribution in [1.82, 2.24) is 15.2 Å². The smallest absolute Gasteiger partial charge is 0.209 e. The normalized spacial score (nSPS) is 18.2. The number of halogens is 1. The van der Waals surface area contributed by atoms with Crippen LogP contribution in [0.3, 0.4) is 0 Å². The summed E-state index contributed by atoms with van der Waals surface area (Å²) in [6.45, 7) is 2.23. The number of nitrogens with one attached hydrogen (secondary N) is 1. The van der Waals surface area contributed by atoms with E-state index in [1.54, 1.807) is 0 Å². The van der Waals surface area contributed by atoms with Gasteiger partial charge in [-0.3, -0.25) is 9.89 Å². The zero-order valence-corrected chi connectivity index (χ0v) is 14.4. The lowest BCUT2D eigenvalue weighted by atomic mass is 9.99. The standard InChI is InChI=1S/C16H18ClN3O2S/c1-10-8-11(6-7-12(10)17)22-9-15-18-16(20-19-15)23-14-5-3-2-4-13(14)21/h6-8,14H,2-5,9H2,1H3,(H,18,19,20)/t14-/m1/s1. The van der Waals surface area contributed by atoms with Gasteiger partial charge in [0.25, 0.3) is 0 Å². The summed E-state index contributed by atoms with van der Waals surface area (Å²) in [5, 5.41) is 8.34. The molecule has 23 heavy (non-hydrogen) atoms. The van der Waals surface area contributed by atoms with Gasteiger partial charge in [0.15, 0.2) is 5.82 Å². The summed E-state index contributed by atoms with van der Waals surface area (Å²) < 4.78 is 5.68. The fourth-order valence-corrected chi connectivity index (χ4v) is 3.62. The second kappa shape index (κ2) is 7.36. The number of hydrogen-bond acceptors (Lipinski definition) is 5. The molecule has 1 fully saturated rings. The van der Waals surface area contributed by atoms with Crippen molar-refractivity contribution < 1.29 is 9.53 Å². The number of H-pyrrole nitrogens is 1. The number of aryl methyl sites for hydroxylation is 1. The fraction of sp³-hybridized carbons (Fsp3) is 0.438. The highest BCUT2D eigenvalue weighted by Gasteiger charge is 2.24. The van der Waals surface area contributed by atoms with Gasteiger partial charge in [0.05, 0.1) is 5.25 Å². The number of carbonyl (C=O) groups is 1. The second-order valence-corrected chi connectivity index (χ2v) is 7.16. The first kappa shape index (κ1) is 16.3. The van der Waals surface area contributed by atoms with Crippen LogP contribution in [0.1, 0.15) is 37.1 Å². The number of hydrogen-bond donors (Lipinski definition) is 1. The Hall–Kier alpha value is -1.53. The Balaban J connectivity index is 1.56. The van der Waals surface area contributed by atoms with Gasteiger partial charge >= 0.3 is 0 Å². The van der Waals surface area contributed by atoms with Gasteiger partial charge < -0.3 is 4.74 Å². The van der Waals surface area contributed by atoms with Crippen LogP contribution >= 0.6 is 23.4 Å². The topological polar surface area (TPSA) is 67.9 Å². The Kier molecular flexibility index (Phi) is 5.23. The molecule has 0 bridgehead atoms. The van der Waals surface area contributed by atoms with Crippen LogP contribution in [0.15, 0.2) is 23.4 Å². The number of ether oxygens (including phenoxy) is 1. The van der Waals surface area contributed by atoms with Crippen LogP contribution in [0, 0.1) is 6.92 Å². The maximum atomic E-state index is 11.9. The van der Waals surface area contributed by atoms with Gasteiger partial charge in [-0.1, -0.05) is 29.8 Å². The molecule has 0 saturated heterocycles. The van der Waals surface area contributed by atoms with Crippen molar-refractivity contribution in [2.45, 2.75) is 49.6 Å². The Labute approximate surface area is 144 Å². The molecule has 1 heterocycles. The van der Waals surface area contributed by atoms with Crippen LogP contribution in [0.2, 0.25) is 5.02 Å². The first-order valence-electron chi connectivity index (χ1n) is 7.61. The van der Waals surface area contributed by atoms with E-state index in [1.807, 2.05) is 25.1 Å². The van der Waals surface area contributed by atoms with Gasteiger partial charge in [0.1, 0.15) is 18.1 Å². The van der Waals surface area contributed by atoms with Crippen molar-refractivity contribution in [3.05, 3.63) is 34.6 Å². The molecule has 122 valence electrons. The Morgan fingerprint density at radius 2 is 2.30 bits per heavy atom. The van der Waals surface area contributed by atoms with Gasteiger partial charge in [0.2, 0.25) is 5.16 Å². The molecule has 0 spiro atoms. The molecule has 0 radical (unpaired) electrons. The molecule has 5 nitrogen and oxygen atoms in total. The second-order valence-electron chi connectivity index (χ2n) is 5.58. The molecule has 1 aliphatic rings. The van der Waals surface area contributed by atoms with Crippen molar-refractivity contribution in [2.75, 3.05) is 0 Å². The zero-order valence-electron chi connectivity index (χ0n) is 12.8. The summed E-state index contributed by atoms with van der Waals surface area (Å²) in [7, 11) is 0. The SMILES string of the molecule is Cc1cc(OCc2nc(S[C@@H]3CCCCC3=O)n[nH]2)ccc1Cl. The minimum atomic E-state index is -0.00719. The number of Topliss-reactive ketones (excluding diaryl/α,β-unsaturated/α-hetero) is 1. The fourth-order valence-electron chi connectivity index (χ4n) is 2.46. The van der Waals surface area contributed by atoms with Crippen LogP contribution in [0.4, 0.5) is 0 Å². The molecular formula is C16H18ClN3O2S. The van der Waals surface area contributed by atoms with E-state index in [4.69, 9.17) is 16.3 Å². The molecule has 0 amide bonds. The number of benzene rings is 1. The van der Waals surface area contributed by atoms with E-state index in [2.05, 4.69) is 15.2 Å². The predicted octanol–water partition coefficient (Wildman–Crippen LogP) is 3.95. The van der Waals surface area contributed by atoms with E-state index < -0.39 is 0 Å². The molecular weight excluding hydrogens is 334 g/mol. The third kappa shape index (κ3) is 4.26. The van der Waals surface area contributed by atoms with E-state index in [1.165, 1.54) is 11.8 Å². The summed E-state index contributed by atoms with van der Waals surface area (Å²) in [6.07, 6.45) is 3.69. The highest BCUT2D eigenvalue weighted by molar-refractivity contribution is 8.00. The largest absolute Gasteiger partial charge is 0.486 e. The molecule has 2 aromatic rings. The van der Waals surface area contributed by atoms with Crippen LogP contribution in [0.25, 0.3) is 0 Å². The molecule has 1 aromatic heterocycles. The number of thioether (sulfide) groups is 1. The number of carbonyl (C=O) groups excluding carboxylic acids is 1. The number of aromatic nitrogens is 3. The predicted molar refractivity (Wildman–Crippen MR) is 90.0 cm³/mol. The first-order valence-corrected chi connectivity index (χ1v) is 8.87. The highest BCUT2D eigenvalue weighted by Crippen LogP contribution is 2.29. The first-order chi connectivity index (χ1) is 11.1. The van der Waals surface area contributed by atoms with Crippen molar-refractivity contribution >= 4 is 29.1 Å². The summed E-state index contributed by atoms with van der Waals surface area (Å²) in [4.78, 5) is 16.2. The summed E-state index contributed by atoms with van der Waals surface area (Å²) in [5.41, 5.74) is 0.966. The van der Waals surface area contributed by atoms with Crippen LogP contribution in [0.5, 0.6) is 5.75 Å². The average molecular weight is 352 g/mol. The lowest BCUT2D eigenvalue weighted by Gasteiger charge is -2.17. The molecule has 3 rings (SSSR count). The van der Waals surface area contributed by atoms with Gasteiger partial charge in [-0.05, 0) is 43.5 Å². The monoisotopic (exact) mass is 351 g/mol. The Morgan fingerprint density at radius 3 is 3.09 bits per heavy atom. The number of ketones is 1. The lowest BCUT2D eigenvalue weighted by molar-refractivity contribution is -0.119. The number of aromatic amines is 1. The quantitative estimate of drug-likeness (QED) is 0.883. The minimum Gasteiger partial charge on any atom is -0.486 e. The molecule has 1 aliphatic carbocycles. The van der Waals surface area contributed by atoms with Crippen molar-refractivity contribution in [1.29, 1.82) is 0 Å². The average Bonchev–Trinajstić information content (AvgIpc) is 2.98. The van der Waals surface area contributed by atoms with Crippen molar-refractivity contribution in [2.24, 2.45) is 0 Å².